The fraction of sp³-hybridized carbons (Fsp3) is 0.929. The highest BCUT2D eigenvalue weighted by Gasteiger charge is 2.01. The third-order valence-electron chi connectivity index (χ3n) is 2.56. The Bertz CT molecular complexity index is 169. The Balaban J connectivity index is 3.11. The van der Waals surface area contributed by atoms with Gasteiger partial charge in [0.2, 0.25) is 0 Å². The van der Waals surface area contributed by atoms with Gasteiger partial charge in [-0.2, -0.15) is 0 Å². The summed E-state index contributed by atoms with van der Waals surface area (Å²) in [6.07, 6.45) is 8.68. The third kappa shape index (κ3) is 13.4. The zero-order valence-corrected chi connectivity index (χ0v) is 11.5. The van der Waals surface area contributed by atoms with Crippen LogP contribution in [0.25, 0.3) is 0 Å². The molecule has 0 atom stereocenters. The van der Waals surface area contributed by atoms with E-state index in [4.69, 9.17) is 9.47 Å². The second-order valence-corrected chi connectivity index (χ2v) is 4.35. The van der Waals surface area contributed by atoms with Crippen molar-refractivity contribution < 1.29 is 14.3 Å². The van der Waals surface area contributed by atoms with Crippen LogP contribution in [0.5, 0.6) is 0 Å². The average Bonchev–Trinajstić information content (AvgIpc) is 2.33. The van der Waals surface area contributed by atoms with Crippen molar-refractivity contribution in [2.24, 2.45) is 0 Å². The van der Waals surface area contributed by atoms with Crippen LogP contribution in [0.3, 0.4) is 0 Å². The predicted molar refractivity (Wildman–Crippen MR) is 70.1 cm³/mol. The number of hydrogen-bond donors (Lipinski definition) is 0. The lowest BCUT2D eigenvalue weighted by molar-refractivity contribution is -0.145. The van der Waals surface area contributed by atoms with Crippen molar-refractivity contribution in [2.75, 3.05) is 19.8 Å². The maximum atomic E-state index is 11.2. The molecule has 0 aromatic rings. The smallest absolute Gasteiger partial charge is 0.308 e. The predicted octanol–water partition coefficient (Wildman–Crippen LogP) is 3.71. The molecule has 3 heteroatoms. The molecule has 0 rings (SSSR count). The van der Waals surface area contributed by atoms with Crippen LogP contribution < -0.4 is 0 Å². The molecule has 0 aromatic carbocycles. The van der Waals surface area contributed by atoms with Gasteiger partial charge in [-0.25, -0.2) is 0 Å². The molecule has 0 aliphatic heterocycles. The van der Waals surface area contributed by atoms with Crippen LogP contribution in [0, 0.1) is 0 Å². The minimum atomic E-state index is -0.130. The number of unbranched alkanes of at least 4 members (excludes halogenated alkanes) is 5. The zero-order valence-electron chi connectivity index (χ0n) is 11.5. The molecule has 0 saturated heterocycles. The first-order valence-corrected chi connectivity index (χ1v) is 7.04. The molecule has 17 heavy (non-hydrogen) atoms. The third-order valence-corrected chi connectivity index (χ3v) is 2.56. The van der Waals surface area contributed by atoms with Crippen LogP contribution in [0.15, 0.2) is 0 Å². The SMILES string of the molecule is CCCCCCCCOC(=O)CCOCCC. The first kappa shape index (κ1) is 16.4. The topological polar surface area (TPSA) is 35.5 Å². The Morgan fingerprint density at radius 3 is 2.24 bits per heavy atom. The van der Waals surface area contributed by atoms with Gasteiger partial charge < -0.3 is 9.47 Å². The molecule has 0 radical (unpaired) electrons. The Morgan fingerprint density at radius 1 is 0.824 bits per heavy atom. The van der Waals surface area contributed by atoms with Gasteiger partial charge in [-0.05, 0) is 12.8 Å². The number of hydrogen-bond acceptors (Lipinski definition) is 3. The molecule has 0 saturated carbocycles. The van der Waals surface area contributed by atoms with E-state index in [0.717, 1.165) is 19.4 Å². The number of carbonyl (C=O) groups is 1. The van der Waals surface area contributed by atoms with Crippen LogP contribution in [0.1, 0.15) is 65.2 Å². The van der Waals surface area contributed by atoms with E-state index in [0.29, 0.717) is 19.6 Å². The highest BCUT2D eigenvalue weighted by Crippen LogP contribution is 2.05. The van der Waals surface area contributed by atoms with Crippen molar-refractivity contribution in [3.8, 4) is 0 Å². The Kier molecular flexibility index (Phi) is 13.0. The fourth-order valence-corrected chi connectivity index (χ4v) is 1.54. The Hall–Kier alpha value is -0.570. The summed E-state index contributed by atoms with van der Waals surface area (Å²) in [6, 6.07) is 0. The summed E-state index contributed by atoms with van der Waals surface area (Å²) >= 11 is 0. The van der Waals surface area contributed by atoms with E-state index in [1.807, 2.05) is 0 Å². The standard InChI is InChI=1S/C14H28O3/c1-3-5-6-7-8-9-12-17-14(15)10-13-16-11-4-2/h3-13H2,1-2H3. The van der Waals surface area contributed by atoms with E-state index in [2.05, 4.69) is 13.8 Å². The Morgan fingerprint density at radius 2 is 1.53 bits per heavy atom. The van der Waals surface area contributed by atoms with Gasteiger partial charge in [0, 0.05) is 6.61 Å². The van der Waals surface area contributed by atoms with Crippen LogP contribution in [-0.4, -0.2) is 25.8 Å². The quantitative estimate of drug-likeness (QED) is 0.388. The lowest BCUT2D eigenvalue weighted by Gasteiger charge is -2.05. The van der Waals surface area contributed by atoms with Crippen LogP contribution in [0.4, 0.5) is 0 Å². The summed E-state index contributed by atoms with van der Waals surface area (Å²) in [6.45, 7) is 6.05. The molecule has 0 unspecified atom stereocenters. The Labute approximate surface area is 106 Å². The van der Waals surface area contributed by atoms with Gasteiger partial charge in [0.15, 0.2) is 0 Å². The minimum Gasteiger partial charge on any atom is -0.466 e. The van der Waals surface area contributed by atoms with Crippen molar-refractivity contribution in [2.45, 2.75) is 65.2 Å². The first-order chi connectivity index (χ1) is 8.31. The number of carbonyl (C=O) groups excluding carboxylic acids is 1. The van der Waals surface area contributed by atoms with Crippen molar-refractivity contribution in [1.29, 1.82) is 0 Å². The van der Waals surface area contributed by atoms with Gasteiger partial charge >= 0.3 is 5.97 Å². The molecule has 0 bridgehead atoms. The van der Waals surface area contributed by atoms with Gasteiger partial charge in [0.05, 0.1) is 19.6 Å². The van der Waals surface area contributed by atoms with Gasteiger partial charge in [-0.1, -0.05) is 46.0 Å². The molecule has 3 nitrogen and oxygen atoms in total. The summed E-state index contributed by atoms with van der Waals surface area (Å²) in [5.41, 5.74) is 0. The van der Waals surface area contributed by atoms with Crippen LogP contribution >= 0.6 is 0 Å². The summed E-state index contributed by atoms with van der Waals surface area (Å²) < 4.78 is 10.3. The van der Waals surface area contributed by atoms with E-state index in [1.54, 1.807) is 0 Å². The van der Waals surface area contributed by atoms with E-state index in [9.17, 15) is 4.79 Å². The molecule has 0 N–H and O–H groups in total. The van der Waals surface area contributed by atoms with Gasteiger partial charge in [0.25, 0.3) is 0 Å². The monoisotopic (exact) mass is 244 g/mol. The number of ether oxygens (including phenoxy) is 2. The van der Waals surface area contributed by atoms with Crippen molar-refractivity contribution >= 4 is 5.97 Å². The average molecular weight is 244 g/mol. The number of esters is 1. The summed E-state index contributed by atoms with van der Waals surface area (Å²) in [7, 11) is 0. The highest BCUT2D eigenvalue weighted by atomic mass is 16.5. The largest absolute Gasteiger partial charge is 0.466 e. The molecular weight excluding hydrogens is 216 g/mol. The van der Waals surface area contributed by atoms with E-state index in [-0.39, 0.29) is 5.97 Å². The molecule has 0 amide bonds. The molecule has 0 aliphatic rings. The van der Waals surface area contributed by atoms with E-state index >= 15 is 0 Å². The lowest BCUT2D eigenvalue weighted by atomic mass is 10.1. The summed E-state index contributed by atoms with van der Waals surface area (Å²) in [4.78, 5) is 11.2. The van der Waals surface area contributed by atoms with Crippen LogP contribution in [-0.2, 0) is 14.3 Å². The second kappa shape index (κ2) is 13.5. The number of rotatable bonds is 12. The highest BCUT2D eigenvalue weighted by molar-refractivity contribution is 5.69. The van der Waals surface area contributed by atoms with Gasteiger partial charge in [-0.15, -0.1) is 0 Å². The van der Waals surface area contributed by atoms with Gasteiger partial charge in [0.1, 0.15) is 0 Å². The second-order valence-electron chi connectivity index (χ2n) is 4.35. The molecule has 0 aromatic heterocycles. The molecule has 0 aliphatic carbocycles. The molecule has 0 spiro atoms. The summed E-state index contributed by atoms with van der Waals surface area (Å²) in [5, 5.41) is 0. The van der Waals surface area contributed by atoms with Crippen molar-refractivity contribution in [3.05, 3.63) is 0 Å². The molecule has 0 heterocycles. The van der Waals surface area contributed by atoms with Crippen molar-refractivity contribution in [1.82, 2.24) is 0 Å². The zero-order chi connectivity index (χ0) is 12.8. The maximum absolute atomic E-state index is 11.2. The molecule has 102 valence electrons. The minimum absolute atomic E-state index is 0.130. The van der Waals surface area contributed by atoms with Crippen molar-refractivity contribution in [3.63, 3.8) is 0 Å². The summed E-state index contributed by atoms with van der Waals surface area (Å²) in [5.74, 6) is -0.130. The first-order valence-electron chi connectivity index (χ1n) is 7.04. The fourth-order valence-electron chi connectivity index (χ4n) is 1.54. The molecular formula is C14H28O3. The van der Waals surface area contributed by atoms with E-state index in [1.165, 1.54) is 32.1 Å². The normalized spacial score (nSPS) is 10.5. The van der Waals surface area contributed by atoms with Crippen LogP contribution in [0.2, 0.25) is 0 Å². The van der Waals surface area contributed by atoms with Gasteiger partial charge in [-0.3, -0.25) is 4.79 Å². The lowest BCUT2D eigenvalue weighted by Crippen LogP contribution is -2.09. The molecule has 0 fully saturated rings. The maximum Gasteiger partial charge on any atom is 0.308 e. The van der Waals surface area contributed by atoms with E-state index < -0.39 is 0 Å².